The Labute approximate surface area is 141 Å². The number of anilines is 1. The zero-order valence-electron chi connectivity index (χ0n) is 13.8. The van der Waals surface area contributed by atoms with Crippen LogP contribution in [0.2, 0.25) is 0 Å². The van der Waals surface area contributed by atoms with E-state index in [-0.39, 0.29) is 11.8 Å². The standard InChI is InChI=1S/C17H24N2O3S/c1-3-14(20)18-16-15(17(21)19-6-8-22-9-7-19)12-5-4-11(2)10-13(12)23-16/h11H,3-10H2,1-2H3,(H,18,20). The third-order valence-corrected chi connectivity index (χ3v) is 5.77. The Balaban J connectivity index is 1.95. The van der Waals surface area contributed by atoms with Gasteiger partial charge in [-0.25, -0.2) is 0 Å². The first-order chi connectivity index (χ1) is 11.1. The lowest BCUT2D eigenvalue weighted by Crippen LogP contribution is -2.41. The van der Waals surface area contributed by atoms with E-state index in [4.69, 9.17) is 4.74 Å². The first-order valence-electron chi connectivity index (χ1n) is 8.41. The number of rotatable bonds is 3. The molecule has 5 nitrogen and oxygen atoms in total. The van der Waals surface area contributed by atoms with E-state index in [1.54, 1.807) is 11.3 Å². The monoisotopic (exact) mass is 336 g/mol. The van der Waals surface area contributed by atoms with Gasteiger partial charge in [-0.3, -0.25) is 9.59 Å². The number of ether oxygens (including phenoxy) is 1. The molecule has 1 unspecified atom stereocenters. The van der Waals surface area contributed by atoms with Gasteiger partial charge >= 0.3 is 0 Å². The number of amides is 2. The van der Waals surface area contributed by atoms with Crippen molar-refractivity contribution >= 4 is 28.2 Å². The van der Waals surface area contributed by atoms with E-state index in [9.17, 15) is 9.59 Å². The Morgan fingerprint density at radius 1 is 1.35 bits per heavy atom. The summed E-state index contributed by atoms with van der Waals surface area (Å²) in [7, 11) is 0. The third-order valence-electron chi connectivity index (χ3n) is 4.60. The topological polar surface area (TPSA) is 58.6 Å². The van der Waals surface area contributed by atoms with Crippen LogP contribution in [0.5, 0.6) is 0 Å². The molecule has 0 spiro atoms. The van der Waals surface area contributed by atoms with Gasteiger partial charge in [0.2, 0.25) is 5.91 Å². The van der Waals surface area contributed by atoms with Crippen molar-refractivity contribution in [2.75, 3.05) is 31.6 Å². The number of fused-ring (bicyclic) bond motifs is 1. The second-order valence-corrected chi connectivity index (χ2v) is 7.47. The van der Waals surface area contributed by atoms with Gasteiger partial charge in [-0.15, -0.1) is 11.3 Å². The van der Waals surface area contributed by atoms with E-state index in [0.717, 1.165) is 35.4 Å². The zero-order chi connectivity index (χ0) is 16.4. The van der Waals surface area contributed by atoms with Crippen LogP contribution >= 0.6 is 11.3 Å². The van der Waals surface area contributed by atoms with Crippen LogP contribution in [-0.2, 0) is 22.4 Å². The number of nitrogens with one attached hydrogen (secondary N) is 1. The fourth-order valence-electron chi connectivity index (χ4n) is 3.20. The molecular formula is C17H24N2O3S. The average Bonchev–Trinajstić information content (AvgIpc) is 2.91. The predicted molar refractivity (Wildman–Crippen MR) is 91.2 cm³/mol. The molecule has 6 heteroatoms. The number of hydrogen-bond acceptors (Lipinski definition) is 4. The lowest BCUT2D eigenvalue weighted by atomic mass is 9.88. The molecule has 1 atom stereocenters. The Kier molecular flexibility index (Phi) is 5.02. The minimum absolute atomic E-state index is 0.0346. The Hall–Kier alpha value is -1.40. The number of hydrogen-bond donors (Lipinski definition) is 1. The number of carbonyl (C=O) groups excluding carboxylic acids is 2. The molecule has 1 aromatic rings. The van der Waals surface area contributed by atoms with Crippen molar-refractivity contribution in [2.45, 2.75) is 39.5 Å². The van der Waals surface area contributed by atoms with Gasteiger partial charge in [-0.2, -0.15) is 0 Å². The van der Waals surface area contributed by atoms with Gasteiger partial charge in [0.25, 0.3) is 5.91 Å². The van der Waals surface area contributed by atoms with Gasteiger partial charge in [0, 0.05) is 24.4 Å². The molecule has 2 amide bonds. The van der Waals surface area contributed by atoms with E-state index in [1.807, 2.05) is 11.8 Å². The number of nitrogens with zero attached hydrogens (tertiary/aromatic N) is 1. The van der Waals surface area contributed by atoms with E-state index in [0.29, 0.717) is 38.6 Å². The molecule has 1 aliphatic heterocycles. The smallest absolute Gasteiger partial charge is 0.257 e. The largest absolute Gasteiger partial charge is 0.378 e. The molecule has 1 aromatic heterocycles. The first-order valence-corrected chi connectivity index (χ1v) is 9.23. The Morgan fingerprint density at radius 3 is 2.78 bits per heavy atom. The molecule has 1 saturated heterocycles. The lowest BCUT2D eigenvalue weighted by Gasteiger charge is -2.28. The molecule has 2 aliphatic rings. The van der Waals surface area contributed by atoms with Crippen molar-refractivity contribution in [3.8, 4) is 0 Å². The maximum atomic E-state index is 13.0. The molecule has 0 radical (unpaired) electrons. The van der Waals surface area contributed by atoms with Gasteiger partial charge in [0.15, 0.2) is 0 Å². The summed E-state index contributed by atoms with van der Waals surface area (Å²) in [4.78, 5) is 28.0. The number of carbonyl (C=O) groups is 2. The summed E-state index contributed by atoms with van der Waals surface area (Å²) >= 11 is 1.59. The summed E-state index contributed by atoms with van der Waals surface area (Å²) in [6, 6.07) is 0. The van der Waals surface area contributed by atoms with Crippen molar-refractivity contribution in [2.24, 2.45) is 5.92 Å². The summed E-state index contributed by atoms with van der Waals surface area (Å²) < 4.78 is 5.35. The summed E-state index contributed by atoms with van der Waals surface area (Å²) in [5, 5.41) is 3.70. The fraction of sp³-hybridized carbons (Fsp3) is 0.647. The predicted octanol–water partition coefficient (Wildman–Crippen LogP) is 2.69. The second-order valence-electron chi connectivity index (χ2n) is 6.36. The lowest BCUT2D eigenvalue weighted by molar-refractivity contribution is -0.115. The number of morpholine rings is 1. The first kappa shape index (κ1) is 16.5. The van der Waals surface area contributed by atoms with Crippen molar-refractivity contribution in [1.29, 1.82) is 0 Å². The van der Waals surface area contributed by atoms with E-state index < -0.39 is 0 Å². The Morgan fingerprint density at radius 2 is 2.09 bits per heavy atom. The van der Waals surface area contributed by atoms with Crippen LogP contribution in [0.3, 0.4) is 0 Å². The second kappa shape index (κ2) is 7.01. The van der Waals surface area contributed by atoms with Crippen LogP contribution in [0.4, 0.5) is 5.00 Å². The highest BCUT2D eigenvalue weighted by atomic mass is 32.1. The number of thiophene rings is 1. The molecule has 2 heterocycles. The van der Waals surface area contributed by atoms with Gasteiger partial charge in [-0.1, -0.05) is 13.8 Å². The van der Waals surface area contributed by atoms with Crippen molar-refractivity contribution in [3.05, 3.63) is 16.0 Å². The van der Waals surface area contributed by atoms with Crippen LogP contribution in [0.15, 0.2) is 0 Å². The third kappa shape index (κ3) is 3.43. The quantitative estimate of drug-likeness (QED) is 0.923. The Bertz CT molecular complexity index is 605. The molecule has 1 N–H and O–H groups in total. The van der Waals surface area contributed by atoms with Gasteiger partial charge in [0.05, 0.1) is 18.8 Å². The highest BCUT2D eigenvalue weighted by Gasteiger charge is 2.31. The average molecular weight is 336 g/mol. The molecule has 3 rings (SSSR count). The molecular weight excluding hydrogens is 312 g/mol. The molecule has 23 heavy (non-hydrogen) atoms. The van der Waals surface area contributed by atoms with Crippen LogP contribution < -0.4 is 5.32 Å². The van der Waals surface area contributed by atoms with E-state index in [2.05, 4.69) is 12.2 Å². The normalized spacial score (nSPS) is 21.0. The maximum Gasteiger partial charge on any atom is 0.257 e. The molecule has 1 aliphatic carbocycles. The van der Waals surface area contributed by atoms with E-state index >= 15 is 0 Å². The van der Waals surface area contributed by atoms with Crippen LogP contribution in [0.25, 0.3) is 0 Å². The van der Waals surface area contributed by atoms with Crippen LogP contribution in [-0.4, -0.2) is 43.0 Å². The molecule has 1 fully saturated rings. The van der Waals surface area contributed by atoms with Crippen molar-refractivity contribution in [3.63, 3.8) is 0 Å². The van der Waals surface area contributed by atoms with Gasteiger partial charge < -0.3 is 15.0 Å². The highest BCUT2D eigenvalue weighted by molar-refractivity contribution is 7.17. The highest BCUT2D eigenvalue weighted by Crippen LogP contribution is 2.40. The molecule has 126 valence electrons. The zero-order valence-corrected chi connectivity index (χ0v) is 14.6. The molecule has 0 saturated carbocycles. The van der Waals surface area contributed by atoms with Crippen molar-refractivity contribution in [1.82, 2.24) is 4.90 Å². The minimum atomic E-state index is -0.0346. The van der Waals surface area contributed by atoms with Gasteiger partial charge in [-0.05, 0) is 30.7 Å². The minimum Gasteiger partial charge on any atom is -0.378 e. The summed E-state index contributed by atoms with van der Waals surface area (Å²) in [6.45, 7) is 6.50. The maximum absolute atomic E-state index is 13.0. The summed E-state index contributed by atoms with van der Waals surface area (Å²) in [5.74, 6) is 0.654. The van der Waals surface area contributed by atoms with Gasteiger partial charge in [0.1, 0.15) is 5.00 Å². The fourth-order valence-corrected chi connectivity index (χ4v) is 4.62. The summed E-state index contributed by atoms with van der Waals surface area (Å²) in [5.41, 5.74) is 1.90. The van der Waals surface area contributed by atoms with Crippen LogP contribution in [0.1, 0.15) is 47.5 Å². The van der Waals surface area contributed by atoms with Crippen LogP contribution in [0, 0.1) is 5.92 Å². The SMILES string of the molecule is CCC(=O)Nc1sc2c(c1C(=O)N1CCOCC1)CCC(C)C2. The molecule has 0 aromatic carbocycles. The van der Waals surface area contributed by atoms with E-state index in [1.165, 1.54) is 4.88 Å². The van der Waals surface area contributed by atoms with Crippen molar-refractivity contribution < 1.29 is 14.3 Å². The molecule has 0 bridgehead atoms. The summed E-state index contributed by atoms with van der Waals surface area (Å²) in [6.07, 6.45) is 3.46.